The van der Waals surface area contributed by atoms with E-state index in [2.05, 4.69) is 9.15 Å². The summed E-state index contributed by atoms with van der Waals surface area (Å²) >= 11 is 0. The second kappa shape index (κ2) is 2.43. The fourth-order valence-electron chi connectivity index (χ4n) is 0.538. The molecule has 0 spiro atoms. The lowest BCUT2D eigenvalue weighted by molar-refractivity contribution is 0.269. The first-order valence-electron chi connectivity index (χ1n) is 2.60. The topological polar surface area (TPSA) is 59.7 Å². The molecule has 4 heteroatoms. The highest BCUT2D eigenvalue weighted by Crippen LogP contribution is 2.18. The molecular weight excluding hydrogens is 136 g/mol. The second-order valence-electron chi connectivity index (χ2n) is 1.63. The van der Waals surface area contributed by atoms with Crippen LogP contribution in [0.15, 0.2) is 21.5 Å². The van der Waals surface area contributed by atoms with Crippen molar-refractivity contribution in [2.45, 2.75) is 0 Å². The van der Waals surface area contributed by atoms with E-state index in [-0.39, 0.29) is 5.95 Å². The third-order valence-electron chi connectivity index (χ3n) is 1.01. The summed E-state index contributed by atoms with van der Waals surface area (Å²) in [6, 6.07) is 1.11. The number of aromatic hydroxyl groups is 1. The Bertz CT molecular complexity index is 275. The Balaban J connectivity index is 3.28. The van der Waals surface area contributed by atoms with E-state index in [1.165, 1.54) is 7.11 Å². The van der Waals surface area contributed by atoms with E-state index in [9.17, 15) is 4.79 Å². The van der Waals surface area contributed by atoms with E-state index in [0.29, 0.717) is 0 Å². The van der Waals surface area contributed by atoms with Gasteiger partial charge in [0, 0.05) is 6.07 Å². The first-order valence-corrected chi connectivity index (χ1v) is 2.60. The van der Waals surface area contributed by atoms with Gasteiger partial charge in [0.15, 0.2) is 0 Å². The van der Waals surface area contributed by atoms with Crippen LogP contribution in [0.2, 0.25) is 0 Å². The van der Waals surface area contributed by atoms with Crippen molar-refractivity contribution in [2.75, 3.05) is 7.11 Å². The highest BCUT2D eigenvalue weighted by atomic mass is 16.6. The molecule has 4 nitrogen and oxygen atoms in total. The molecule has 0 aliphatic carbocycles. The van der Waals surface area contributed by atoms with Crippen molar-refractivity contribution >= 4 is 0 Å². The van der Waals surface area contributed by atoms with Crippen molar-refractivity contribution in [3.05, 3.63) is 22.6 Å². The first-order chi connectivity index (χ1) is 4.75. The van der Waals surface area contributed by atoms with Gasteiger partial charge in [-0.3, -0.25) is 4.79 Å². The van der Waals surface area contributed by atoms with Gasteiger partial charge in [0.1, 0.15) is 0 Å². The van der Waals surface area contributed by atoms with Crippen LogP contribution in [0.25, 0.3) is 0 Å². The van der Waals surface area contributed by atoms with Crippen LogP contribution in [0.4, 0.5) is 0 Å². The highest BCUT2D eigenvalue weighted by Gasteiger charge is 2.05. The molecule has 0 fully saturated rings. The average molecular weight is 142 g/mol. The Morgan fingerprint density at radius 2 is 2.40 bits per heavy atom. The van der Waals surface area contributed by atoms with Gasteiger partial charge in [0.25, 0.3) is 0 Å². The van der Waals surface area contributed by atoms with Gasteiger partial charge in [0.2, 0.25) is 11.2 Å². The molecule has 0 bridgehead atoms. The molecule has 0 amide bonds. The third kappa shape index (κ3) is 0.953. The fourth-order valence-corrected chi connectivity index (χ4v) is 0.538. The number of rotatable bonds is 1. The number of hydrogen-bond acceptors (Lipinski definition) is 4. The first kappa shape index (κ1) is 6.67. The van der Waals surface area contributed by atoms with Crippen LogP contribution >= 0.6 is 0 Å². The predicted octanol–water partition coefficient (Wildman–Crippen LogP) is 0.354. The van der Waals surface area contributed by atoms with Gasteiger partial charge < -0.3 is 14.3 Å². The summed E-state index contributed by atoms with van der Waals surface area (Å²) in [7, 11) is 1.30. The highest BCUT2D eigenvalue weighted by molar-refractivity contribution is 5.27. The third-order valence-corrected chi connectivity index (χ3v) is 1.01. The second-order valence-corrected chi connectivity index (χ2v) is 1.63. The summed E-state index contributed by atoms with van der Waals surface area (Å²) in [6.45, 7) is 0. The molecular formula is C6H6O4. The van der Waals surface area contributed by atoms with E-state index in [1.807, 2.05) is 0 Å². The molecule has 0 atom stereocenters. The van der Waals surface area contributed by atoms with Gasteiger partial charge in [-0.05, 0) is 0 Å². The molecule has 0 saturated heterocycles. The molecule has 1 rings (SSSR count). The van der Waals surface area contributed by atoms with Crippen LogP contribution in [0.1, 0.15) is 0 Å². The standard InChI is InChI=1S/C6H6O4/c1-9-6-5(8)4(7)2-3-10-6/h2-3,8H,1H3. The van der Waals surface area contributed by atoms with E-state index >= 15 is 0 Å². The van der Waals surface area contributed by atoms with Crippen molar-refractivity contribution in [1.82, 2.24) is 0 Å². The zero-order valence-electron chi connectivity index (χ0n) is 5.33. The van der Waals surface area contributed by atoms with E-state index in [0.717, 1.165) is 12.3 Å². The predicted molar refractivity (Wildman–Crippen MR) is 33.2 cm³/mol. The molecule has 1 heterocycles. The average Bonchev–Trinajstić information content (AvgIpc) is 1.95. The van der Waals surface area contributed by atoms with Gasteiger partial charge in [-0.1, -0.05) is 0 Å². The molecule has 1 N–H and O–H groups in total. The maximum absolute atomic E-state index is 10.6. The molecule has 54 valence electrons. The summed E-state index contributed by atoms with van der Waals surface area (Å²) in [4.78, 5) is 10.6. The maximum atomic E-state index is 10.6. The summed E-state index contributed by atoms with van der Waals surface area (Å²) in [5.74, 6) is -0.655. The Hall–Kier alpha value is -1.45. The Kier molecular flexibility index (Phi) is 1.62. The van der Waals surface area contributed by atoms with Crippen molar-refractivity contribution in [2.24, 2.45) is 0 Å². The molecule has 0 unspecified atom stereocenters. The Morgan fingerprint density at radius 1 is 1.70 bits per heavy atom. The maximum Gasteiger partial charge on any atom is 0.332 e. The van der Waals surface area contributed by atoms with Crippen molar-refractivity contribution in [3.8, 4) is 11.7 Å². The summed E-state index contributed by atoms with van der Waals surface area (Å²) in [5.41, 5.74) is -0.511. The molecule has 0 aliphatic heterocycles. The molecule has 0 radical (unpaired) electrons. The minimum Gasteiger partial charge on any atom is -0.499 e. The van der Waals surface area contributed by atoms with Gasteiger partial charge in [-0.15, -0.1) is 0 Å². The normalized spacial score (nSPS) is 9.30. The van der Waals surface area contributed by atoms with Crippen LogP contribution < -0.4 is 10.2 Å². The largest absolute Gasteiger partial charge is 0.499 e. The molecule has 0 saturated carbocycles. The fraction of sp³-hybridized carbons (Fsp3) is 0.167. The summed E-state index contributed by atoms with van der Waals surface area (Å²) in [6.07, 6.45) is 1.15. The Morgan fingerprint density at radius 3 is 2.90 bits per heavy atom. The van der Waals surface area contributed by atoms with Crippen LogP contribution in [-0.4, -0.2) is 12.2 Å². The van der Waals surface area contributed by atoms with E-state index in [1.54, 1.807) is 0 Å². The summed E-state index contributed by atoms with van der Waals surface area (Å²) in [5, 5.41) is 8.87. The quantitative estimate of drug-likeness (QED) is 0.614. The van der Waals surface area contributed by atoms with Gasteiger partial charge in [-0.25, -0.2) is 0 Å². The van der Waals surface area contributed by atoms with Gasteiger partial charge in [-0.2, -0.15) is 0 Å². The summed E-state index contributed by atoms with van der Waals surface area (Å²) < 4.78 is 9.12. The van der Waals surface area contributed by atoms with Gasteiger partial charge >= 0.3 is 5.95 Å². The zero-order valence-corrected chi connectivity index (χ0v) is 5.33. The monoisotopic (exact) mass is 142 g/mol. The lowest BCUT2D eigenvalue weighted by Crippen LogP contribution is -1.98. The van der Waals surface area contributed by atoms with Crippen molar-refractivity contribution in [1.29, 1.82) is 0 Å². The minimum atomic E-state index is -0.511. The van der Waals surface area contributed by atoms with Crippen LogP contribution in [0.5, 0.6) is 11.7 Å². The molecule has 0 aromatic carbocycles. The van der Waals surface area contributed by atoms with Gasteiger partial charge in [0.05, 0.1) is 13.4 Å². The lowest BCUT2D eigenvalue weighted by Gasteiger charge is -1.96. The smallest absolute Gasteiger partial charge is 0.332 e. The SMILES string of the molecule is COc1occc(=O)c1O. The molecule has 0 aliphatic rings. The van der Waals surface area contributed by atoms with E-state index < -0.39 is 11.2 Å². The number of ether oxygens (including phenoxy) is 1. The Labute approximate surface area is 56.7 Å². The lowest BCUT2D eigenvalue weighted by atomic mass is 10.5. The van der Waals surface area contributed by atoms with E-state index in [4.69, 9.17) is 5.11 Å². The zero-order chi connectivity index (χ0) is 7.56. The molecule has 1 aromatic heterocycles. The molecule has 10 heavy (non-hydrogen) atoms. The van der Waals surface area contributed by atoms with Crippen molar-refractivity contribution < 1.29 is 14.3 Å². The number of methoxy groups -OCH3 is 1. The van der Waals surface area contributed by atoms with Crippen LogP contribution in [0.3, 0.4) is 0 Å². The molecule has 1 aromatic rings. The van der Waals surface area contributed by atoms with Crippen molar-refractivity contribution in [3.63, 3.8) is 0 Å². The van der Waals surface area contributed by atoms with Crippen LogP contribution in [-0.2, 0) is 0 Å². The minimum absolute atomic E-state index is 0.160. The van der Waals surface area contributed by atoms with Crippen LogP contribution in [0, 0.1) is 0 Å². The number of hydrogen-bond donors (Lipinski definition) is 1.